The largest absolute Gasteiger partial charge is 0.508 e. The normalized spacial score (nSPS) is 10.6. The quantitative estimate of drug-likeness (QED) is 0.826. The molecule has 90 valence electrons. The third kappa shape index (κ3) is 3.32. The van der Waals surface area contributed by atoms with Crippen molar-refractivity contribution in [2.75, 3.05) is 0 Å². The summed E-state index contributed by atoms with van der Waals surface area (Å²) in [6, 6.07) is 7.28. The lowest BCUT2D eigenvalue weighted by Gasteiger charge is -2.03. The summed E-state index contributed by atoms with van der Waals surface area (Å²) >= 11 is 0. The summed E-state index contributed by atoms with van der Waals surface area (Å²) in [6.07, 6.45) is 3.91. The minimum absolute atomic E-state index is 0.308. The topological polar surface area (TPSA) is 50.1 Å². The maximum absolute atomic E-state index is 9.32. The monoisotopic (exact) mass is 231 g/mol. The van der Waals surface area contributed by atoms with E-state index in [1.807, 2.05) is 29.2 Å². The molecule has 0 aliphatic carbocycles. The number of nitrogens with one attached hydrogen (secondary N) is 1. The van der Waals surface area contributed by atoms with Gasteiger partial charge in [-0.15, -0.1) is 0 Å². The Morgan fingerprint density at radius 2 is 2.12 bits per heavy atom. The third-order valence-corrected chi connectivity index (χ3v) is 2.58. The Hall–Kier alpha value is -1.81. The van der Waals surface area contributed by atoms with E-state index in [4.69, 9.17) is 0 Å². The van der Waals surface area contributed by atoms with Crippen molar-refractivity contribution in [1.29, 1.82) is 0 Å². The summed E-state index contributed by atoms with van der Waals surface area (Å²) in [6.45, 7) is 4.49. The SMILES string of the molecule is CCn1cc(CNCc2cccc(O)c2)cn1. The summed E-state index contributed by atoms with van der Waals surface area (Å²) in [4.78, 5) is 0. The van der Waals surface area contributed by atoms with Crippen LogP contribution in [0.25, 0.3) is 0 Å². The molecule has 17 heavy (non-hydrogen) atoms. The first-order chi connectivity index (χ1) is 8.28. The van der Waals surface area contributed by atoms with Crippen molar-refractivity contribution in [1.82, 2.24) is 15.1 Å². The first kappa shape index (κ1) is 11.7. The van der Waals surface area contributed by atoms with Gasteiger partial charge >= 0.3 is 0 Å². The van der Waals surface area contributed by atoms with Gasteiger partial charge in [0.05, 0.1) is 6.20 Å². The predicted molar refractivity (Wildman–Crippen MR) is 66.6 cm³/mol. The zero-order valence-electron chi connectivity index (χ0n) is 9.93. The van der Waals surface area contributed by atoms with E-state index in [1.54, 1.807) is 12.1 Å². The van der Waals surface area contributed by atoms with Gasteiger partial charge in [-0.25, -0.2) is 0 Å². The molecule has 0 saturated carbocycles. The maximum Gasteiger partial charge on any atom is 0.115 e. The molecule has 0 aliphatic rings. The van der Waals surface area contributed by atoms with Gasteiger partial charge in [0.15, 0.2) is 0 Å². The van der Waals surface area contributed by atoms with Gasteiger partial charge in [0, 0.05) is 31.4 Å². The molecule has 1 heterocycles. The molecule has 0 saturated heterocycles. The smallest absolute Gasteiger partial charge is 0.115 e. The number of hydrogen-bond acceptors (Lipinski definition) is 3. The lowest BCUT2D eigenvalue weighted by Crippen LogP contribution is -2.12. The number of nitrogens with zero attached hydrogens (tertiary/aromatic N) is 2. The number of rotatable bonds is 5. The van der Waals surface area contributed by atoms with Gasteiger partial charge in [-0.1, -0.05) is 12.1 Å². The lowest BCUT2D eigenvalue weighted by atomic mass is 10.2. The van der Waals surface area contributed by atoms with Crippen molar-refractivity contribution in [2.24, 2.45) is 0 Å². The Labute approximate surface area is 101 Å². The molecule has 1 aromatic heterocycles. The van der Waals surface area contributed by atoms with Crippen LogP contribution in [0.5, 0.6) is 5.75 Å². The number of phenols is 1. The van der Waals surface area contributed by atoms with E-state index >= 15 is 0 Å². The molecule has 1 aromatic carbocycles. The number of aromatic hydroxyl groups is 1. The lowest BCUT2D eigenvalue weighted by molar-refractivity contribution is 0.474. The van der Waals surface area contributed by atoms with Gasteiger partial charge in [0.25, 0.3) is 0 Å². The standard InChI is InChI=1S/C13H17N3O/c1-2-16-10-12(9-15-16)8-14-7-11-4-3-5-13(17)6-11/h3-6,9-10,14,17H,2,7-8H2,1H3. The molecule has 0 bridgehead atoms. The highest BCUT2D eigenvalue weighted by Gasteiger charge is 1.98. The molecule has 0 atom stereocenters. The first-order valence-electron chi connectivity index (χ1n) is 5.78. The van der Waals surface area contributed by atoms with Crippen LogP contribution in [-0.2, 0) is 19.6 Å². The second kappa shape index (κ2) is 5.50. The number of benzene rings is 1. The Morgan fingerprint density at radius 1 is 1.29 bits per heavy atom. The maximum atomic E-state index is 9.32. The second-order valence-corrected chi connectivity index (χ2v) is 3.98. The van der Waals surface area contributed by atoms with Crippen LogP contribution in [0.4, 0.5) is 0 Å². The molecule has 0 fully saturated rings. The fourth-order valence-corrected chi connectivity index (χ4v) is 1.69. The van der Waals surface area contributed by atoms with Gasteiger partial charge in [-0.2, -0.15) is 5.10 Å². The minimum Gasteiger partial charge on any atom is -0.508 e. The number of hydrogen-bond donors (Lipinski definition) is 2. The van der Waals surface area contributed by atoms with Crippen molar-refractivity contribution >= 4 is 0 Å². The number of phenolic OH excluding ortho intramolecular Hbond substituents is 1. The molecule has 0 amide bonds. The van der Waals surface area contributed by atoms with Crippen LogP contribution < -0.4 is 5.32 Å². The third-order valence-electron chi connectivity index (χ3n) is 2.58. The zero-order valence-corrected chi connectivity index (χ0v) is 9.93. The van der Waals surface area contributed by atoms with Crippen LogP contribution in [0.3, 0.4) is 0 Å². The van der Waals surface area contributed by atoms with Crippen molar-refractivity contribution in [3.05, 3.63) is 47.8 Å². The molecule has 0 spiro atoms. The summed E-state index contributed by atoms with van der Waals surface area (Å²) in [5, 5.41) is 16.9. The van der Waals surface area contributed by atoms with Gasteiger partial charge in [-0.05, 0) is 24.6 Å². The highest BCUT2D eigenvalue weighted by molar-refractivity contribution is 5.26. The molecule has 0 unspecified atom stereocenters. The molecule has 2 aromatic rings. The fraction of sp³-hybridized carbons (Fsp3) is 0.308. The predicted octanol–water partition coefficient (Wildman–Crippen LogP) is 1.90. The molecule has 4 nitrogen and oxygen atoms in total. The average Bonchev–Trinajstić information content (AvgIpc) is 2.77. The Bertz CT molecular complexity index is 479. The van der Waals surface area contributed by atoms with Crippen LogP contribution in [0, 0.1) is 0 Å². The average molecular weight is 231 g/mol. The van der Waals surface area contributed by atoms with E-state index in [0.717, 1.165) is 25.2 Å². The van der Waals surface area contributed by atoms with Crippen molar-refractivity contribution in [3.8, 4) is 5.75 Å². The van der Waals surface area contributed by atoms with Crippen LogP contribution in [0.2, 0.25) is 0 Å². The van der Waals surface area contributed by atoms with Crippen LogP contribution >= 0.6 is 0 Å². The van der Waals surface area contributed by atoms with Crippen molar-refractivity contribution in [2.45, 2.75) is 26.6 Å². The van der Waals surface area contributed by atoms with E-state index < -0.39 is 0 Å². The van der Waals surface area contributed by atoms with E-state index in [0.29, 0.717) is 5.75 Å². The highest BCUT2D eigenvalue weighted by atomic mass is 16.3. The van der Waals surface area contributed by atoms with Crippen molar-refractivity contribution in [3.63, 3.8) is 0 Å². The van der Waals surface area contributed by atoms with Gasteiger partial charge in [0.1, 0.15) is 5.75 Å². The number of aromatic nitrogens is 2. The highest BCUT2D eigenvalue weighted by Crippen LogP contribution is 2.10. The summed E-state index contributed by atoms with van der Waals surface area (Å²) in [5.74, 6) is 0.308. The van der Waals surface area contributed by atoms with E-state index in [-0.39, 0.29) is 0 Å². The molecule has 4 heteroatoms. The molecule has 0 radical (unpaired) electrons. The summed E-state index contributed by atoms with van der Waals surface area (Å²) in [5.41, 5.74) is 2.25. The summed E-state index contributed by atoms with van der Waals surface area (Å²) in [7, 11) is 0. The van der Waals surface area contributed by atoms with E-state index in [1.165, 1.54) is 5.56 Å². The molecule has 2 rings (SSSR count). The minimum atomic E-state index is 0.308. The van der Waals surface area contributed by atoms with Crippen LogP contribution in [0.15, 0.2) is 36.7 Å². The summed E-state index contributed by atoms with van der Waals surface area (Å²) < 4.78 is 1.91. The zero-order chi connectivity index (χ0) is 12.1. The van der Waals surface area contributed by atoms with Crippen LogP contribution in [0.1, 0.15) is 18.1 Å². The molecular weight excluding hydrogens is 214 g/mol. The fourth-order valence-electron chi connectivity index (χ4n) is 1.69. The molecular formula is C13H17N3O. The Kier molecular flexibility index (Phi) is 3.77. The second-order valence-electron chi connectivity index (χ2n) is 3.98. The number of aryl methyl sites for hydroxylation is 1. The van der Waals surface area contributed by atoms with E-state index in [9.17, 15) is 5.11 Å². The Balaban J connectivity index is 1.83. The van der Waals surface area contributed by atoms with E-state index in [2.05, 4.69) is 17.3 Å². The Morgan fingerprint density at radius 3 is 2.82 bits per heavy atom. The van der Waals surface area contributed by atoms with Gasteiger partial charge in [-0.3, -0.25) is 4.68 Å². The van der Waals surface area contributed by atoms with Crippen molar-refractivity contribution < 1.29 is 5.11 Å². The van der Waals surface area contributed by atoms with Gasteiger partial charge < -0.3 is 10.4 Å². The molecule has 0 aliphatic heterocycles. The molecule has 2 N–H and O–H groups in total. The van der Waals surface area contributed by atoms with Gasteiger partial charge in [0.2, 0.25) is 0 Å². The van der Waals surface area contributed by atoms with Crippen LogP contribution in [-0.4, -0.2) is 14.9 Å². The first-order valence-corrected chi connectivity index (χ1v) is 5.78.